The second kappa shape index (κ2) is 3.53. The molecule has 0 saturated heterocycles. The van der Waals surface area contributed by atoms with E-state index in [-0.39, 0.29) is 5.41 Å². The summed E-state index contributed by atoms with van der Waals surface area (Å²) in [6.07, 6.45) is 3.80. The van der Waals surface area contributed by atoms with Crippen molar-refractivity contribution in [2.45, 2.75) is 13.8 Å². The van der Waals surface area contributed by atoms with Gasteiger partial charge in [-0.3, -0.25) is 0 Å². The van der Waals surface area contributed by atoms with Crippen molar-refractivity contribution in [1.29, 1.82) is 5.26 Å². The number of nitrogens with zero attached hydrogens (tertiary/aromatic N) is 2. The van der Waals surface area contributed by atoms with Crippen molar-refractivity contribution in [3.63, 3.8) is 0 Å². The van der Waals surface area contributed by atoms with E-state index in [0.29, 0.717) is 0 Å². The molecule has 0 aliphatic rings. The summed E-state index contributed by atoms with van der Waals surface area (Å²) in [4.78, 5) is 5.06. The van der Waals surface area contributed by atoms with Gasteiger partial charge in [0.2, 0.25) is 0 Å². The van der Waals surface area contributed by atoms with Crippen LogP contribution in [0.15, 0.2) is 18.5 Å². The van der Waals surface area contributed by atoms with Crippen LogP contribution in [0.4, 0.5) is 5.69 Å². The Kier molecular flexibility index (Phi) is 2.62. The van der Waals surface area contributed by atoms with Gasteiger partial charge in [-0.1, -0.05) is 0 Å². The standard InChI is InChI=1S/C10H15N3/c1-10(2,7-11)8-13(3)9-4-5-12-6-9/h4-6,12H,8H2,1-3H3. The quantitative estimate of drug-likeness (QED) is 0.767. The van der Waals surface area contributed by atoms with Gasteiger partial charge in [0.1, 0.15) is 0 Å². The zero-order valence-electron chi connectivity index (χ0n) is 8.33. The van der Waals surface area contributed by atoms with Crippen LogP contribution in [0.5, 0.6) is 0 Å². The van der Waals surface area contributed by atoms with Crippen LogP contribution < -0.4 is 4.90 Å². The summed E-state index contributed by atoms with van der Waals surface area (Å²) in [5.41, 5.74) is 0.815. The molecule has 0 aliphatic heterocycles. The van der Waals surface area contributed by atoms with Crippen LogP contribution in [0.3, 0.4) is 0 Å². The van der Waals surface area contributed by atoms with Gasteiger partial charge in [0.15, 0.2) is 0 Å². The van der Waals surface area contributed by atoms with Gasteiger partial charge in [-0.2, -0.15) is 5.26 Å². The Balaban J connectivity index is 2.62. The number of hydrogen-bond donors (Lipinski definition) is 1. The molecule has 0 aliphatic carbocycles. The lowest BCUT2D eigenvalue weighted by Crippen LogP contribution is -2.29. The summed E-state index contributed by atoms with van der Waals surface area (Å²) < 4.78 is 0. The molecule has 0 spiro atoms. The van der Waals surface area contributed by atoms with Gasteiger partial charge in [0.25, 0.3) is 0 Å². The lowest BCUT2D eigenvalue weighted by atomic mass is 9.95. The highest BCUT2D eigenvalue weighted by Gasteiger charge is 2.19. The minimum atomic E-state index is -0.300. The molecule has 0 amide bonds. The molecule has 70 valence electrons. The lowest BCUT2D eigenvalue weighted by molar-refractivity contribution is 0.497. The van der Waals surface area contributed by atoms with Crippen LogP contribution in [-0.4, -0.2) is 18.6 Å². The highest BCUT2D eigenvalue weighted by atomic mass is 15.1. The molecule has 1 N–H and O–H groups in total. The molecule has 0 atom stereocenters. The number of rotatable bonds is 3. The number of aromatic nitrogens is 1. The molecule has 1 aromatic rings. The predicted molar refractivity (Wildman–Crippen MR) is 53.5 cm³/mol. The Hall–Kier alpha value is -1.43. The number of aromatic amines is 1. The Morgan fingerprint density at radius 2 is 2.31 bits per heavy atom. The van der Waals surface area contributed by atoms with Crippen LogP contribution in [-0.2, 0) is 0 Å². The monoisotopic (exact) mass is 177 g/mol. The smallest absolute Gasteiger partial charge is 0.0702 e. The lowest BCUT2D eigenvalue weighted by Gasteiger charge is -2.24. The fourth-order valence-corrected chi connectivity index (χ4v) is 1.27. The first-order chi connectivity index (χ1) is 6.05. The number of hydrogen-bond acceptors (Lipinski definition) is 2. The normalized spacial score (nSPS) is 10.9. The largest absolute Gasteiger partial charge is 0.372 e. The van der Waals surface area contributed by atoms with E-state index in [2.05, 4.69) is 16.0 Å². The number of H-pyrrole nitrogens is 1. The molecule has 0 fully saturated rings. The molecule has 13 heavy (non-hydrogen) atoms. The summed E-state index contributed by atoms with van der Waals surface area (Å²) in [6, 6.07) is 4.28. The fourth-order valence-electron chi connectivity index (χ4n) is 1.27. The SMILES string of the molecule is CN(CC(C)(C)C#N)c1cc[nH]c1. The van der Waals surface area contributed by atoms with Crippen molar-refractivity contribution >= 4 is 5.69 Å². The maximum Gasteiger partial charge on any atom is 0.0702 e. The summed E-state index contributed by atoms with van der Waals surface area (Å²) in [5.74, 6) is 0. The van der Waals surface area contributed by atoms with Gasteiger partial charge >= 0.3 is 0 Å². The third kappa shape index (κ3) is 2.51. The number of anilines is 1. The average molecular weight is 177 g/mol. The summed E-state index contributed by atoms with van der Waals surface area (Å²) in [6.45, 7) is 4.62. The van der Waals surface area contributed by atoms with Crippen LogP contribution >= 0.6 is 0 Å². The predicted octanol–water partition coefficient (Wildman–Crippen LogP) is 2.00. The molecular formula is C10H15N3. The zero-order valence-corrected chi connectivity index (χ0v) is 8.33. The first-order valence-corrected chi connectivity index (χ1v) is 4.30. The molecule has 1 aromatic heterocycles. The molecule has 0 bridgehead atoms. The summed E-state index contributed by atoms with van der Waals surface area (Å²) >= 11 is 0. The molecule has 0 saturated carbocycles. The third-order valence-corrected chi connectivity index (χ3v) is 1.96. The first-order valence-electron chi connectivity index (χ1n) is 4.30. The maximum atomic E-state index is 8.86. The van der Waals surface area contributed by atoms with Crippen LogP contribution in [0, 0.1) is 16.7 Å². The average Bonchev–Trinajstić information content (AvgIpc) is 2.55. The highest BCUT2D eigenvalue weighted by molar-refractivity contribution is 5.43. The van der Waals surface area contributed by atoms with Crippen molar-refractivity contribution in [3.05, 3.63) is 18.5 Å². The van der Waals surface area contributed by atoms with Crippen LogP contribution in [0.25, 0.3) is 0 Å². The van der Waals surface area contributed by atoms with Gasteiger partial charge in [-0.15, -0.1) is 0 Å². The van der Waals surface area contributed by atoms with Gasteiger partial charge < -0.3 is 9.88 Å². The zero-order chi connectivity index (χ0) is 9.90. The summed E-state index contributed by atoms with van der Waals surface area (Å²) in [5, 5.41) is 8.86. The van der Waals surface area contributed by atoms with Gasteiger partial charge in [-0.05, 0) is 19.9 Å². The molecule has 0 radical (unpaired) electrons. The molecular weight excluding hydrogens is 162 g/mol. The molecule has 3 heteroatoms. The number of nitriles is 1. The van der Waals surface area contributed by atoms with E-state index in [1.54, 1.807) is 0 Å². The van der Waals surface area contributed by atoms with Crippen molar-refractivity contribution in [3.8, 4) is 6.07 Å². The van der Waals surface area contributed by atoms with E-state index in [1.807, 2.05) is 39.4 Å². The molecule has 1 rings (SSSR count). The Morgan fingerprint density at radius 1 is 1.62 bits per heavy atom. The van der Waals surface area contributed by atoms with Crippen molar-refractivity contribution in [2.24, 2.45) is 5.41 Å². The highest BCUT2D eigenvalue weighted by Crippen LogP contribution is 2.19. The Labute approximate surface area is 79.0 Å². The minimum absolute atomic E-state index is 0.300. The molecule has 1 heterocycles. The van der Waals surface area contributed by atoms with E-state index in [0.717, 1.165) is 12.2 Å². The second-order valence-corrected chi connectivity index (χ2v) is 3.92. The maximum absolute atomic E-state index is 8.86. The first kappa shape index (κ1) is 9.66. The van der Waals surface area contributed by atoms with Gasteiger partial charge in [-0.25, -0.2) is 0 Å². The molecule has 0 unspecified atom stereocenters. The van der Waals surface area contributed by atoms with Crippen LogP contribution in [0.1, 0.15) is 13.8 Å². The number of nitrogens with one attached hydrogen (secondary N) is 1. The Morgan fingerprint density at radius 3 is 2.77 bits per heavy atom. The second-order valence-electron chi connectivity index (χ2n) is 3.92. The van der Waals surface area contributed by atoms with Crippen LogP contribution in [0.2, 0.25) is 0 Å². The van der Waals surface area contributed by atoms with Crippen molar-refractivity contribution < 1.29 is 0 Å². The van der Waals surface area contributed by atoms with E-state index in [9.17, 15) is 0 Å². The summed E-state index contributed by atoms with van der Waals surface area (Å²) in [7, 11) is 1.99. The third-order valence-electron chi connectivity index (χ3n) is 1.96. The van der Waals surface area contributed by atoms with Crippen molar-refractivity contribution in [2.75, 3.05) is 18.5 Å². The van der Waals surface area contributed by atoms with E-state index in [1.165, 1.54) is 0 Å². The van der Waals surface area contributed by atoms with Gasteiger partial charge in [0.05, 0.1) is 17.2 Å². The van der Waals surface area contributed by atoms with Crippen molar-refractivity contribution in [1.82, 2.24) is 4.98 Å². The van der Waals surface area contributed by atoms with Gasteiger partial charge in [0, 0.05) is 26.0 Å². The Bertz CT molecular complexity index is 292. The van der Waals surface area contributed by atoms with E-state index in [4.69, 9.17) is 5.26 Å². The van der Waals surface area contributed by atoms with E-state index < -0.39 is 0 Å². The molecule has 0 aromatic carbocycles. The topological polar surface area (TPSA) is 42.8 Å². The molecule has 3 nitrogen and oxygen atoms in total. The van der Waals surface area contributed by atoms with E-state index >= 15 is 0 Å². The fraction of sp³-hybridized carbons (Fsp3) is 0.500. The minimum Gasteiger partial charge on any atom is -0.372 e.